The van der Waals surface area contributed by atoms with Crippen molar-refractivity contribution in [3.8, 4) is 5.75 Å². The van der Waals surface area contributed by atoms with Crippen molar-refractivity contribution < 1.29 is 14.3 Å². The molecule has 2 N–H and O–H groups in total. The van der Waals surface area contributed by atoms with Crippen LogP contribution in [0.4, 0.5) is 5.69 Å². The second-order valence-electron chi connectivity index (χ2n) is 7.32. The number of nitrogens with one attached hydrogen (secondary N) is 2. The molecule has 0 bridgehead atoms. The van der Waals surface area contributed by atoms with Crippen LogP contribution >= 0.6 is 0 Å². The van der Waals surface area contributed by atoms with Crippen molar-refractivity contribution in [1.29, 1.82) is 0 Å². The van der Waals surface area contributed by atoms with Crippen molar-refractivity contribution in [2.75, 3.05) is 19.0 Å². The van der Waals surface area contributed by atoms with Gasteiger partial charge in [0.1, 0.15) is 11.9 Å². The lowest BCUT2D eigenvalue weighted by molar-refractivity contribution is 0.0813. The predicted molar refractivity (Wildman–Crippen MR) is 118 cm³/mol. The highest BCUT2D eigenvalue weighted by atomic mass is 16.5. The van der Waals surface area contributed by atoms with Gasteiger partial charge in [0.25, 0.3) is 5.91 Å². The van der Waals surface area contributed by atoms with Gasteiger partial charge in [0.2, 0.25) is 0 Å². The molecule has 0 aromatic heterocycles. The Bertz CT molecular complexity index is 990. The van der Waals surface area contributed by atoms with E-state index in [9.17, 15) is 4.79 Å². The van der Waals surface area contributed by atoms with E-state index in [2.05, 4.69) is 22.8 Å². The third kappa shape index (κ3) is 4.63. The van der Waals surface area contributed by atoms with Gasteiger partial charge in [-0.25, -0.2) is 0 Å². The zero-order chi connectivity index (χ0) is 20.8. The number of carbonyl (C=O) groups is 1. The third-order valence-electron chi connectivity index (χ3n) is 5.31. The van der Waals surface area contributed by atoms with Crippen LogP contribution in [-0.4, -0.2) is 25.7 Å². The average molecular weight is 402 g/mol. The van der Waals surface area contributed by atoms with Crippen LogP contribution in [-0.2, 0) is 11.2 Å². The summed E-state index contributed by atoms with van der Waals surface area (Å²) in [5, 5.41) is 6.41. The lowest BCUT2D eigenvalue weighted by atomic mass is 10.0. The van der Waals surface area contributed by atoms with E-state index in [0.717, 1.165) is 29.8 Å². The van der Waals surface area contributed by atoms with Gasteiger partial charge < -0.3 is 20.1 Å². The molecule has 3 aromatic carbocycles. The first-order chi connectivity index (χ1) is 14.7. The standard InChI is InChI=1S/C25H26N2O3/c1-29-19(17-18-9-3-2-4-10-18)15-16-30-23-14-8-6-12-21(23)24-26-22-13-7-5-11-20(22)25(28)27-24/h2-14,19,24,26H,15-17H2,1H3,(H,27,28). The Morgan fingerprint density at radius 2 is 1.63 bits per heavy atom. The number of hydrogen-bond acceptors (Lipinski definition) is 4. The summed E-state index contributed by atoms with van der Waals surface area (Å²) in [5.74, 6) is 0.663. The molecule has 0 radical (unpaired) electrons. The molecule has 154 valence electrons. The number of hydrogen-bond donors (Lipinski definition) is 2. The van der Waals surface area contributed by atoms with Gasteiger partial charge in [-0.3, -0.25) is 4.79 Å². The van der Waals surface area contributed by atoms with Crippen LogP contribution in [0.25, 0.3) is 0 Å². The number of fused-ring (bicyclic) bond motifs is 1. The minimum absolute atomic E-state index is 0.0824. The van der Waals surface area contributed by atoms with Crippen LogP contribution in [0.2, 0.25) is 0 Å². The van der Waals surface area contributed by atoms with Crippen molar-refractivity contribution in [2.45, 2.75) is 25.1 Å². The van der Waals surface area contributed by atoms with Crippen molar-refractivity contribution in [3.63, 3.8) is 0 Å². The van der Waals surface area contributed by atoms with E-state index in [0.29, 0.717) is 12.2 Å². The number of rotatable bonds is 8. The summed E-state index contributed by atoms with van der Waals surface area (Å²) >= 11 is 0. The van der Waals surface area contributed by atoms with Crippen LogP contribution in [0.5, 0.6) is 5.75 Å². The third-order valence-corrected chi connectivity index (χ3v) is 5.31. The molecule has 5 nitrogen and oxygen atoms in total. The maximum atomic E-state index is 12.5. The van der Waals surface area contributed by atoms with Gasteiger partial charge in [0.05, 0.1) is 18.3 Å². The zero-order valence-electron chi connectivity index (χ0n) is 17.0. The van der Waals surface area contributed by atoms with Gasteiger partial charge in [-0.15, -0.1) is 0 Å². The fraction of sp³-hybridized carbons (Fsp3) is 0.240. The molecule has 30 heavy (non-hydrogen) atoms. The predicted octanol–water partition coefficient (Wildman–Crippen LogP) is 4.57. The first-order valence-electron chi connectivity index (χ1n) is 10.2. The molecule has 2 atom stereocenters. The molecule has 0 saturated heterocycles. The van der Waals surface area contributed by atoms with Crippen LogP contribution in [0.3, 0.4) is 0 Å². The van der Waals surface area contributed by atoms with Crippen molar-refractivity contribution in [1.82, 2.24) is 5.32 Å². The van der Waals surface area contributed by atoms with Crippen LogP contribution in [0, 0.1) is 0 Å². The monoisotopic (exact) mass is 402 g/mol. The van der Waals surface area contributed by atoms with E-state index in [-0.39, 0.29) is 18.2 Å². The van der Waals surface area contributed by atoms with Crippen LogP contribution in [0.15, 0.2) is 78.9 Å². The summed E-state index contributed by atoms with van der Waals surface area (Å²) in [6.07, 6.45) is 1.36. The first kappa shape index (κ1) is 20.0. The molecule has 0 spiro atoms. The highest BCUT2D eigenvalue weighted by Gasteiger charge is 2.26. The lowest BCUT2D eigenvalue weighted by Gasteiger charge is -2.29. The number of amides is 1. The SMILES string of the molecule is COC(CCOc1ccccc1C1NC(=O)c2ccccc2N1)Cc1ccccc1. The van der Waals surface area contributed by atoms with Gasteiger partial charge >= 0.3 is 0 Å². The molecular formula is C25H26N2O3. The van der Waals surface area contributed by atoms with Crippen molar-refractivity contribution in [2.24, 2.45) is 0 Å². The number of benzene rings is 3. The minimum Gasteiger partial charge on any atom is -0.493 e. The topological polar surface area (TPSA) is 59.6 Å². The van der Waals surface area contributed by atoms with Gasteiger partial charge in [-0.05, 0) is 30.2 Å². The average Bonchev–Trinajstić information content (AvgIpc) is 2.79. The van der Waals surface area contributed by atoms with E-state index in [1.165, 1.54) is 5.56 Å². The van der Waals surface area contributed by atoms with Crippen LogP contribution < -0.4 is 15.4 Å². The zero-order valence-corrected chi connectivity index (χ0v) is 17.0. The molecule has 1 aliphatic rings. The molecular weight excluding hydrogens is 376 g/mol. The number of methoxy groups -OCH3 is 1. The maximum absolute atomic E-state index is 12.5. The molecule has 0 fully saturated rings. The summed E-state index contributed by atoms with van der Waals surface area (Å²) in [7, 11) is 1.74. The number of anilines is 1. The molecule has 1 heterocycles. The summed E-state index contributed by atoms with van der Waals surface area (Å²) in [6, 6.07) is 25.6. The minimum atomic E-state index is -0.342. The smallest absolute Gasteiger partial charge is 0.255 e. The van der Waals surface area contributed by atoms with E-state index in [1.54, 1.807) is 7.11 Å². The summed E-state index contributed by atoms with van der Waals surface area (Å²) < 4.78 is 11.8. The summed E-state index contributed by atoms with van der Waals surface area (Å²) in [4.78, 5) is 12.5. The van der Waals surface area contributed by atoms with Crippen molar-refractivity contribution >= 4 is 11.6 Å². The highest BCUT2D eigenvalue weighted by Crippen LogP contribution is 2.31. The Hall–Kier alpha value is -3.31. The van der Waals surface area contributed by atoms with Gasteiger partial charge in [0.15, 0.2) is 0 Å². The molecule has 2 unspecified atom stereocenters. The Morgan fingerprint density at radius 1 is 0.900 bits per heavy atom. The molecule has 0 aliphatic carbocycles. The van der Waals surface area contributed by atoms with Crippen LogP contribution in [0.1, 0.15) is 34.1 Å². The fourth-order valence-electron chi connectivity index (χ4n) is 3.69. The Balaban J connectivity index is 1.41. The fourth-order valence-corrected chi connectivity index (χ4v) is 3.69. The molecule has 3 aromatic rings. The molecule has 1 aliphatic heterocycles. The summed E-state index contributed by atoms with van der Waals surface area (Å²) in [6.45, 7) is 0.527. The molecule has 5 heteroatoms. The van der Waals surface area contributed by atoms with Crippen molar-refractivity contribution in [3.05, 3.63) is 95.6 Å². The Labute approximate surface area is 177 Å². The molecule has 4 rings (SSSR count). The maximum Gasteiger partial charge on any atom is 0.255 e. The molecule has 0 saturated carbocycles. The quantitative estimate of drug-likeness (QED) is 0.580. The largest absolute Gasteiger partial charge is 0.493 e. The van der Waals surface area contributed by atoms with Gasteiger partial charge in [-0.2, -0.15) is 0 Å². The number of carbonyl (C=O) groups excluding carboxylic acids is 1. The Kier molecular flexibility index (Phi) is 6.30. The second kappa shape index (κ2) is 9.46. The lowest BCUT2D eigenvalue weighted by Crippen LogP contribution is -2.38. The van der Waals surface area contributed by atoms with E-state index >= 15 is 0 Å². The van der Waals surface area contributed by atoms with E-state index in [4.69, 9.17) is 9.47 Å². The van der Waals surface area contributed by atoms with E-state index in [1.807, 2.05) is 66.7 Å². The van der Waals surface area contributed by atoms with Gasteiger partial charge in [-0.1, -0.05) is 60.7 Å². The second-order valence-corrected chi connectivity index (χ2v) is 7.32. The first-order valence-corrected chi connectivity index (χ1v) is 10.2. The number of para-hydroxylation sites is 2. The van der Waals surface area contributed by atoms with Gasteiger partial charge in [0, 0.05) is 24.8 Å². The molecule has 1 amide bonds. The highest BCUT2D eigenvalue weighted by molar-refractivity contribution is 6.01. The van der Waals surface area contributed by atoms with E-state index < -0.39 is 0 Å². The Morgan fingerprint density at radius 3 is 2.47 bits per heavy atom. The summed E-state index contributed by atoms with van der Waals surface area (Å²) in [5.41, 5.74) is 3.62. The normalized spacial score (nSPS) is 16.2. The number of ether oxygens (including phenoxy) is 2.